The first-order valence-electron chi connectivity index (χ1n) is 5.37. The van der Waals surface area contributed by atoms with Crippen LogP contribution in [0.1, 0.15) is 31.4 Å². The molecule has 0 heterocycles. The highest BCUT2D eigenvalue weighted by atomic mass is 16.5. The first kappa shape index (κ1) is 12.0. The highest BCUT2D eigenvalue weighted by Crippen LogP contribution is 2.20. The molecular formula is C12H19NO2. The lowest BCUT2D eigenvalue weighted by Gasteiger charge is -2.12. The predicted octanol–water partition coefficient (Wildman–Crippen LogP) is 1.86. The fourth-order valence-corrected chi connectivity index (χ4v) is 1.48. The molecule has 3 heteroatoms. The van der Waals surface area contributed by atoms with Gasteiger partial charge in [-0.1, -0.05) is 12.1 Å². The molecule has 0 aliphatic rings. The number of hydrogen-bond acceptors (Lipinski definition) is 3. The van der Waals surface area contributed by atoms with Gasteiger partial charge in [0.05, 0.1) is 6.61 Å². The van der Waals surface area contributed by atoms with E-state index in [1.54, 1.807) is 0 Å². The summed E-state index contributed by atoms with van der Waals surface area (Å²) in [6, 6.07) is 7.80. The lowest BCUT2D eigenvalue weighted by molar-refractivity contribution is 0.280. The van der Waals surface area contributed by atoms with E-state index >= 15 is 0 Å². The maximum absolute atomic E-state index is 8.72. The first-order valence-corrected chi connectivity index (χ1v) is 5.37. The van der Waals surface area contributed by atoms with Crippen molar-refractivity contribution < 1.29 is 9.84 Å². The van der Waals surface area contributed by atoms with Crippen molar-refractivity contribution in [1.82, 2.24) is 0 Å². The molecule has 1 aromatic rings. The molecule has 3 N–H and O–H groups in total. The third-order valence-corrected chi connectivity index (χ3v) is 2.27. The van der Waals surface area contributed by atoms with E-state index in [1.807, 2.05) is 31.2 Å². The highest BCUT2D eigenvalue weighted by Gasteiger charge is 2.06. The number of nitrogens with two attached hydrogens (primary N) is 1. The molecule has 0 saturated carbocycles. The molecule has 1 rings (SSSR count). The third-order valence-electron chi connectivity index (χ3n) is 2.27. The Balaban J connectivity index is 2.62. The van der Waals surface area contributed by atoms with Crippen LogP contribution in [0.15, 0.2) is 24.3 Å². The van der Waals surface area contributed by atoms with E-state index in [-0.39, 0.29) is 12.6 Å². The number of aliphatic hydroxyl groups is 1. The van der Waals surface area contributed by atoms with Gasteiger partial charge in [-0.3, -0.25) is 0 Å². The molecule has 84 valence electrons. The zero-order chi connectivity index (χ0) is 11.1. The zero-order valence-electron chi connectivity index (χ0n) is 9.15. The van der Waals surface area contributed by atoms with E-state index < -0.39 is 0 Å². The predicted molar refractivity (Wildman–Crippen MR) is 60.9 cm³/mol. The number of rotatable bonds is 6. The monoisotopic (exact) mass is 209 g/mol. The first-order chi connectivity index (χ1) is 7.27. The van der Waals surface area contributed by atoms with E-state index in [9.17, 15) is 0 Å². The van der Waals surface area contributed by atoms with E-state index in [1.165, 1.54) is 0 Å². The Kier molecular flexibility index (Phi) is 5.15. The van der Waals surface area contributed by atoms with Crippen molar-refractivity contribution in [3.63, 3.8) is 0 Å². The molecule has 0 aliphatic heterocycles. The second-order valence-electron chi connectivity index (χ2n) is 3.48. The van der Waals surface area contributed by atoms with Crippen molar-refractivity contribution in [1.29, 1.82) is 0 Å². The van der Waals surface area contributed by atoms with Crippen LogP contribution in [-0.4, -0.2) is 18.3 Å². The van der Waals surface area contributed by atoms with Crippen molar-refractivity contribution >= 4 is 0 Å². The fourth-order valence-electron chi connectivity index (χ4n) is 1.48. The maximum atomic E-state index is 8.72. The Morgan fingerprint density at radius 2 is 2.27 bits per heavy atom. The van der Waals surface area contributed by atoms with Crippen LogP contribution < -0.4 is 10.5 Å². The van der Waals surface area contributed by atoms with Crippen LogP contribution in [0.4, 0.5) is 0 Å². The molecule has 0 radical (unpaired) electrons. The Bertz CT molecular complexity index is 289. The van der Waals surface area contributed by atoms with Gasteiger partial charge in [-0.05, 0) is 37.5 Å². The molecule has 15 heavy (non-hydrogen) atoms. The molecule has 3 nitrogen and oxygen atoms in total. The van der Waals surface area contributed by atoms with Gasteiger partial charge < -0.3 is 15.6 Å². The maximum Gasteiger partial charge on any atom is 0.119 e. The summed E-state index contributed by atoms with van der Waals surface area (Å²) in [6.45, 7) is 2.81. The second-order valence-corrected chi connectivity index (χ2v) is 3.48. The van der Waals surface area contributed by atoms with Crippen LogP contribution in [0.25, 0.3) is 0 Å². The molecule has 0 aliphatic carbocycles. The summed E-state index contributed by atoms with van der Waals surface area (Å²) in [5.74, 6) is 0.856. The Labute approximate surface area is 90.9 Å². The molecular weight excluding hydrogens is 190 g/mol. The zero-order valence-corrected chi connectivity index (χ0v) is 9.15. The quantitative estimate of drug-likeness (QED) is 0.752. The summed E-state index contributed by atoms with van der Waals surface area (Å²) >= 11 is 0. The highest BCUT2D eigenvalue weighted by molar-refractivity contribution is 5.30. The number of benzene rings is 1. The van der Waals surface area contributed by atoms with Crippen LogP contribution >= 0.6 is 0 Å². The van der Waals surface area contributed by atoms with Crippen molar-refractivity contribution in [2.24, 2.45) is 5.73 Å². The van der Waals surface area contributed by atoms with Crippen molar-refractivity contribution in [2.75, 3.05) is 13.2 Å². The van der Waals surface area contributed by atoms with Gasteiger partial charge in [0, 0.05) is 12.6 Å². The van der Waals surface area contributed by atoms with Crippen molar-refractivity contribution in [3.05, 3.63) is 29.8 Å². The van der Waals surface area contributed by atoms with Crippen molar-refractivity contribution in [2.45, 2.75) is 25.8 Å². The Morgan fingerprint density at radius 1 is 1.47 bits per heavy atom. The Morgan fingerprint density at radius 3 is 2.93 bits per heavy atom. The van der Waals surface area contributed by atoms with Crippen LogP contribution in [0.5, 0.6) is 5.75 Å². The second kappa shape index (κ2) is 6.43. The van der Waals surface area contributed by atoms with E-state index in [4.69, 9.17) is 15.6 Å². The van der Waals surface area contributed by atoms with E-state index in [0.29, 0.717) is 6.61 Å². The SMILES string of the molecule is CCOc1cccc([C@H](N)CCCO)c1. The van der Waals surface area contributed by atoms with Gasteiger partial charge in [0.2, 0.25) is 0 Å². The van der Waals surface area contributed by atoms with Crippen LogP contribution in [0.3, 0.4) is 0 Å². The van der Waals surface area contributed by atoms with E-state index in [0.717, 1.165) is 24.2 Å². The molecule has 0 bridgehead atoms. The smallest absolute Gasteiger partial charge is 0.119 e. The van der Waals surface area contributed by atoms with Crippen LogP contribution in [0, 0.1) is 0 Å². The minimum atomic E-state index is -0.0162. The van der Waals surface area contributed by atoms with E-state index in [2.05, 4.69) is 0 Å². The molecule has 1 aromatic carbocycles. The molecule has 0 spiro atoms. The van der Waals surface area contributed by atoms with Crippen LogP contribution in [-0.2, 0) is 0 Å². The summed E-state index contributed by atoms with van der Waals surface area (Å²) in [5.41, 5.74) is 7.04. The largest absolute Gasteiger partial charge is 0.494 e. The van der Waals surface area contributed by atoms with Gasteiger partial charge in [-0.2, -0.15) is 0 Å². The summed E-state index contributed by atoms with van der Waals surface area (Å²) in [5, 5.41) is 8.72. The average Bonchev–Trinajstić information content (AvgIpc) is 2.27. The molecule has 0 aromatic heterocycles. The normalized spacial score (nSPS) is 12.5. The standard InChI is InChI=1S/C12H19NO2/c1-2-15-11-6-3-5-10(9-11)12(13)7-4-8-14/h3,5-6,9,12,14H,2,4,7-8,13H2,1H3/t12-/m1/s1. The third kappa shape index (κ3) is 3.90. The van der Waals surface area contributed by atoms with Gasteiger partial charge >= 0.3 is 0 Å². The summed E-state index contributed by atoms with van der Waals surface area (Å²) in [4.78, 5) is 0. The average molecular weight is 209 g/mol. The minimum Gasteiger partial charge on any atom is -0.494 e. The number of aliphatic hydroxyl groups excluding tert-OH is 1. The lowest BCUT2D eigenvalue weighted by Crippen LogP contribution is -2.10. The Hall–Kier alpha value is -1.06. The molecule has 0 fully saturated rings. The van der Waals surface area contributed by atoms with Gasteiger partial charge in [0.25, 0.3) is 0 Å². The summed E-state index contributed by atoms with van der Waals surface area (Å²) in [6.07, 6.45) is 1.53. The lowest BCUT2D eigenvalue weighted by atomic mass is 10.0. The van der Waals surface area contributed by atoms with Crippen molar-refractivity contribution in [3.8, 4) is 5.75 Å². The minimum absolute atomic E-state index is 0.0162. The van der Waals surface area contributed by atoms with Gasteiger partial charge in [0.15, 0.2) is 0 Å². The van der Waals surface area contributed by atoms with Gasteiger partial charge in [-0.15, -0.1) is 0 Å². The number of hydrogen-bond donors (Lipinski definition) is 2. The molecule has 0 saturated heterocycles. The van der Waals surface area contributed by atoms with Gasteiger partial charge in [-0.25, -0.2) is 0 Å². The number of ether oxygens (including phenoxy) is 1. The topological polar surface area (TPSA) is 55.5 Å². The van der Waals surface area contributed by atoms with Gasteiger partial charge in [0.1, 0.15) is 5.75 Å². The molecule has 0 amide bonds. The summed E-state index contributed by atoms with van der Waals surface area (Å²) in [7, 11) is 0. The van der Waals surface area contributed by atoms with Crippen LogP contribution in [0.2, 0.25) is 0 Å². The molecule has 1 atom stereocenters. The summed E-state index contributed by atoms with van der Waals surface area (Å²) < 4.78 is 5.40. The fraction of sp³-hybridized carbons (Fsp3) is 0.500. The molecule has 0 unspecified atom stereocenters.